The Kier molecular flexibility index (Phi) is 9.05. The molecule has 9 heteroatoms. The number of alkyl carbamates (subject to hydrolysis) is 1. The Labute approximate surface area is 192 Å². The molecule has 1 atom stereocenters. The third-order valence-electron chi connectivity index (χ3n) is 5.34. The number of unbranched alkanes of at least 4 members (excludes halogenated alkanes) is 1. The number of ether oxygens (including phenoxy) is 1. The highest BCUT2D eigenvalue weighted by atomic mass is 16.5. The number of carbonyl (C=O) groups is 3. The van der Waals surface area contributed by atoms with Crippen LogP contribution in [-0.4, -0.2) is 47.2 Å². The minimum absolute atomic E-state index is 0.0283. The van der Waals surface area contributed by atoms with E-state index in [1.807, 2.05) is 24.3 Å². The van der Waals surface area contributed by atoms with Gasteiger partial charge in [0, 0.05) is 25.2 Å². The van der Waals surface area contributed by atoms with E-state index in [9.17, 15) is 19.5 Å². The van der Waals surface area contributed by atoms with E-state index in [0.29, 0.717) is 6.42 Å². The zero-order chi connectivity index (χ0) is 23.5. The summed E-state index contributed by atoms with van der Waals surface area (Å²) in [5.74, 6) is -0.550. The maximum absolute atomic E-state index is 12.1. The van der Waals surface area contributed by atoms with Crippen LogP contribution in [0.25, 0.3) is 0 Å². The summed E-state index contributed by atoms with van der Waals surface area (Å²) in [4.78, 5) is 40.0. The van der Waals surface area contributed by atoms with Crippen molar-refractivity contribution in [3.05, 3.63) is 59.3 Å². The van der Waals surface area contributed by atoms with E-state index in [1.165, 1.54) is 5.56 Å². The summed E-state index contributed by atoms with van der Waals surface area (Å²) in [7, 11) is 0. The minimum Gasteiger partial charge on any atom is -0.480 e. The number of rotatable bonds is 11. The van der Waals surface area contributed by atoms with Gasteiger partial charge in [0.15, 0.2) is 0 Å². The van der Waals surface area contributed by atoms with Crippen LogP contribution in [0.3, 0.4) is 0 Å². The van der Waals surface area contributed by atoms with Gasteiger partial charge in [0.05, 0.1) is 0 Å². The molecule has 1 aliphatic rings. The summed E-state index contributed by atoms with van der Waals surface area (Å²) in [6, 6.07) is 11.9. The number of nitrogens with one attached hydrogen (secondary N) is 3. The van der Waals surface area contributed by atoms with Crippen molar-refractivity contribution in [1.82, 2.24) is 15.6 Å². The SMILES string of the molecule is O=C(CCCCc1ccc2c(n1)NCCC2)NC[C@H](NC(=O)OCc1ccccc1)C(=O)O. The molecule has 3 rings (SSSR count). The quantitative estimate of drug-likeness (QED) is 0.384. The molecule has 1 aromatic carbocycles. The van der Waals surface area contributed by atoms with Gasteiger partial charge in [-0.15, -0.1) is 0 Å². The number of fused-ring (bicyclic) bond motifs is 1. The van der Waals surface area contributed by atoms with Gasteiger partial charge in [-0.25, -0.2) is 14.6 Å². The molecule has 176 valence electrons. The maximum Gasteiger partial charge on any atom is 0.408 e. The molecule has 0 aliphatic carbocycles. The molecule has 0 saturated heterocycles. The highest BCUT2D eigenvalue weighted by molar-refractivity contribution is 5.82. The number of aliphatic carboxylic acids is 1. The summed E-state index contributed by atoms with van der Waals surface area (Å²) < 4.78 is 5.04. The highest BCUT2D eigenvalue weighted by Crippen LogP contribution is 2.20. The van der Waals surface area contributed by atoms with E-state index in [0.717, 1.165) is 49.3 Å². The van der Waals surface area contributed by atoms with Gasteiger partial charge < -0.3 is 25.8 Å². The Balaban J connectivity index is 1.33. The molecular weight excluding hydrogens is 424 g/mol. The van der Waals surface area contributed by atoms with Crippen molar-refractivity contribution in [2.75, 3.05) is 18.4 Å². The van der Waals surface area contributed by atoms with E-state index in [1.54, 1.807) is 12.1 Å². The lowest BCUT2D eigenvalue weighted by molar-refractivity contribution is -0.139. The smallest absolute Gasteiger partial charge is 0.408 e. The standard InChI is InChI=1S/C24H30N4O5/c29-21(11-5-4-10-19-13-12-18-9-6-14-25-22(18)27-19)26-15-20(23(30)31)28-24(32)33-16-17-7-2-1-3-8-17/h1-3,7-8,12-13,20H,4-6,9-11,14-16H2,(H,25,27)(H,26,29)(H,28,32)(H,30,31)/t20-/m0/s1. The van der Waals surface area contributed by atoms with Crippen molar-refractivity contribution in [3.8, 4) is 0 Å². The molecule has 2 aromatic rings. The highest BCUT2D eigenvalue weighted by Gasteiger charge is 2.21. The number of amides is 2. The van der Waals surface area contributed by atoms with E-state index in [2.05, 4.69) is 27.0 Å². The molecule has 0 spiro atoms. The first-order chi connectivity index (χ1) is 16.0. The van der Waals surface area contributed by atoms with E-state index in [4.69, 9.17) is 4.74 Å². The predicted octanol–water partition coefficient (Wildman–Crippen LogP) is 2.65. The second-order valence-electron chi connectivity index (χ2n) is 7.95. The number of aryl methyl sites for hydroxylation is 2. The lowest BCUT2D eigenvalue weighted by Crippen LogP contribution is -2.48. The van der Waals surface area contributed by atoms with Crippen LogP contribution in [0.4, 0.5) is 10.6 Å². The first kappa shape index (κ1) is 24.0. The number of pyridine rings is 1. The fourth-order valence-electron chi connectivity index (χ4n) is 3.51. The summed E-state index contributed by atoms with van der Waals surface area (Å²) in [6.07, 6.45) is 3.81. The molecule has 0 fully saturated rings. The zero-order valence-electron chi connectivity index (χ0n) is 18.5. The van der Waals surface area contributed by atoms with E-state index < -0.39 is 18.1 Å². The maximum atomic E-state index is 12.1. The number of carboxylic acid groups (broad SMARTS) is 1. The number of benzene rings is 1. The van der Waals surface area contributed by atoms with Crippen LogP contribution in [-0.2, 0) is 33.8 Å². The molecule has 1 aromatic heterocycles. The molecule has 0 radical (unpaired) electrons. The summed E-state index contributed by atoms with van der Waals surface area (Å²) in [6.45, 7) is 0.758. The number of carbonyl (C=O) groups excluding carboxylic acids is 2. The van der Waals surface area contributed by atoms with Crippen LogP contribution in [0.5, 0.6) is 0 Å². The van der Waals surface area contributed by atoms with Gasteiger partial charge in [-0.3, -0.25) is 4.79 Å². The van der Waals surface area contributed by atoms with Gasteiger partial charge in [-0.2, -0.15) is 0 Å². The van der Waals surface area contributed by atoms with Gasteiger partial charge in [0.1, 0.15) is 18.5 Å². The Morgan fingerprint density at radius 1 is 1.12 bits per heavy atom. The number of aromatic nitrogens is 1. The fraction of sp³-hybridized carbons (Fsp3) is 0.417. The van der Waals surface area contributed by atoms with Crippen molar-refractivity contribution in [3.63, 3.8) is 0 Å². The number of nitrogens with zero attached hydrogens (tertiary/aromatic N) is 1. The summed E-state index contributed by atoms with van der Waals surface area (Å²) in [5, 5.41) is 17.5. The topological polar surface area (TPSA) is 130 Å². The Hall–Kier alpha value is -3.62. The summed E-state index contributed by atoms with van der Waals surface area (Å²) in [5.41, 5.74) is 3.03. The van der Waals surface area contributed by atoms with Crippen LogP contribution in [0.1, 0.15) is 42.5 Å². The molecule has 2 amide bonds. The molecule has 1 aliphatic heterocycles. The van der Waals surface area contributed by atoms with Crippen LogP contribution < -0.4 is 16.0 Å². The first-order valence-corrected chi connectivity index (χ1v) is 11.2. The van der Waals surface area contributed by atoms with Crippen molar-refractivity contribution in [2.45, 2.75) is 51.2 Å². The monoisotopic (exact) mass is 454 g/mol. The zero-order valence-corrected chi connectivity index (χ0v) is 18.5. The second-order valence-corrected chi connectivity index (χ2v) is 7.95. The largest absolute Gasteiger partial charge is 0.480 e. The average Bonchev–Trinajstić information content (AvgIpc) is 2.83. The normalized spacial score (nSPS) is 13.2. The van der Waals surface area contributed by atoms with Crippen LogP contribution in [0.2, 0.25) is 0 Å². The Morgan fingerprint density at radius 2 is 1.94 bits per heavy atom. The lowest BCUT2D eigenvalue weighted by Gasteiger charge is -2.17. The van der Waals surface area contributed by atoms with E-state index in [-0.39, 0.29) is 25.5 Å². The number of hydrogen-bond acceptors (Lipinski definition) is 6. The fourth-order valence-corrected chi connectivity index (χ4v) is 3.51. The van der Waals surface area contributed by atoms with Crippen molar-refractivity contribution < 1.29 is 24.2 Å². The predicted molar refractivity (Wildman–Crippen MR) is 123 cm³/mol. The van der Waals surface area contributed by atoms with Crippen molar-refractivity contribution in [2.24, 2.45) is 0 Å². The Bertz CT molecular complexity index is 951. The molecule has 2 heterocycles. The molecule has 0 bridgehead atoms. The van der Waals surface area contributed by atoms with Crippen LogP contribution in [0.15, 0.2) is 42.5 Å². The molecule has 0 unspecified atom stereocenters. The van der Waals surface area contributed by atoms with Gasteiger partial charge in [-0.05, 0) is 49.3 Å². The van der Waals surface area contributed by atoms with Gasteiger partial charge in [-0.1, -0.05) is 36.4 Å². The molecular formula is C24H30N4O5. The van der Waals surface area contributed by atoms with E-state index >= 15 is 0 Å². The molecule has 4 N–H and O–H groups in total. The second kappa shape index (κ2) is 12.4. The molecule has 33 heavy (non-hydrogen) atoms. The first-order valence-electron chi connectivity index (χ1n) is 11.2. The Morgan fingerprint density at radius 3 is 2.73 bits per heavy atom. The third kappa shape index (κ3) is 8.10. The third-order valence-corrected chi connectivity index (χ3v) is 5.34. The van der Waals surface area contributed by atoms with Crippen molar-refractivity contribution >= 4 is 23.8 Å². The number of hydrogen-bond donors (Lipinski definition) is 4. The van der Waals surface area contributed by atoms with Gasteiger partial charge in [0.2, 0.25) is 5.91 Å². The van der Waals surface area contributed by atoms with Gasteiger partial charge in [0.25, 0.3) is 0 Å². The van der Waals surface area contributed by atoms with Crippen LogP contribution >= 0.6 is 0 Å². The lowest BCUT2D eigenvalue weighted by atomic mass is 10.1. The minimum atomic E-state index is -1.27. The van der Waals surface area contributed by atoms with Crippen molar-refractivity contribution in [1.29, 1.82) is 0 Å². The molecule has 9 nitrogen and oxygen atoms in total. The average molecular weight is 455 g/mol. The van der Waals surface area contributed by atoms with Gasteiger partial charge >= 0.3 is 12.1 Å². The summed E-state index contributed by atoms with van der Waals surface area (Å²) >= 11 is 0. The number of carboxylic acids is 1. The number of anilines is 1. The van der Waals surface area contributed by atoms with Crippen LogP contribution in [0, 0.1) is 0 Å². The molecule has 0 saturated carbocycles.